The lowest BCUT2D eigenvalue weighted by atomic mass is 10.1. The third kappa shape index (κ3) is 3.92. The molecule has 1 saturated heterocycles. The molecule has 8 heteroatoms. The number of pyridine rings is 1. The number of ether oxygens (including phenoxy) is 2. The molecule has 0 aliphatic carbocycles. The number of nitriles is 1. The summed E-state index contributed by atoms with van der Waals surface area (Å²) in [5, 5.41) is 9.41. The van der Waals surface area contributed by atoms with E-state index in [9.17, 15) is 9.59 Å². The van der Waals surface area contributed by atoms with Gasteiger partial charge in [-0.15, -0.1) is 0 Å². The number of aromatic nitrogens is 1. The standard InChI is InChI=1S/C19H20N4O4/c1-26-17-10-13-15(9-14(17)19(21)25)22-7-5-16(13)27-12-3-2-8-23(11-12)18(24)4-6-20/h5,7,9-10,12H,2-4,8,11H2,1H3,(H2,21,25)/t12-/m1/s1. The van der Waals surface area contributed by atoms with Crippen LogP contribution in [0.25, 0.3) is 10.9 Å². The van der Waals surface area contributed by atoms with Crippen molar-refractivity contribution in [3.8, 4) is 17.6 Å². The van der Waals surface area contributed by atoms with E-state index in [0.717, 1.165) is 12.8 Å². The Balaban J connectivity index is 1.87. The zero-order valence-corrected chi connectivity index (χ0v) is 15.0. The van der Waals surface area contributed by atoms with Crippen molar-refractivity contribution in [2.75, 3.05) is 20.2 Å². The zero-order valence-electron chi connectivity index (χ0n) is 15.0. The highest BCUT2D eigenvalue weighted by Gasteiger charge is 2.25. The van der Waals surface area contributed by atoms with Crippen molar-refractivity contribution in [3.05, 3.63) is 30.0 Å². The number of hydrogen-bond donors (Lipinski definition) is 1. The molecule has 2 heterocycles. The minimum Gasteiger partial charge on any atom is -0.496 e. The second-order valence-corrected chi connectivity index (χ2v) is 6.30. The smallest absolute Gasteiger partial charge is 0.252 e. The molecule has 8 nitrogen and oxygen atoms in total. The highest BCUT2D eigenvalue weighted by molar-refractivity contribution is 6.01. The molecule has 27 heavy (non-hydrogen) atoms. The maximum atomic E-state index is 12.0. The number of fused-ring (bicyclic) bond motifs is 1. The quantitative estimate of drug-likeness (QED) is 0.857. The van der Waals surface area contributed by atoms with Crippen molar-refractivity contribution >= 4 is 22.7 Å². The van der Waals surface area contributed by atoms with E-state index in [1.165, 1.54) is 7.11 Å². The number of benzene rings is 1. The number of rotatable bonds is 5. The molecule has 1 aromatic carbocycles. The fraction of sp³-hybridized carbons (Fsp3) is 0.368. The monoisotopic (exact) mass is 368 g/mol. The summed E-state index contributed by atoms with van der Waals surface area (Å²) in [5.74, 6) is 0.162. The Morgan fingerprint density at radius 2 is 2.22 bits per heavy atom. The number of carbonyl (C=O) groups is 2. The molecule has 1 atom stereocenters. The highest BCUT2D eigenvalue weighted by atomic mass is 16.5. The van der Waals surface area contributed by atoms with E-state index in [0.29, 0.717) is 35.5 Å². The average Bonchev–Trinajstić information content (AvgIpc) is 2.67. The molecule has 0 spiro atoms. The minimum absolute atomic E-state index is 0.127. The molecule has 3 rings (SSSR count). The van der Waals surface area contributed by atoms with Crippen LogP contribution in [-0.2, 0) is 4.79 Å². The SMILES string of the molecule is COc1cc2c(O[C@@H]3CCCN(C(=O)CC#N)C3)ccnc2cc1C(N)=O. The molecular weight excluding hydrogens is 348 g/mol. The van der Waals surface area contributed by atoms with Gasteiger partial charge in [-0.25, -0.2) is 0 Å². The summed E-state index contributed by atoms with van der Waals surface area (Å²) in [6, 6.07) is 6.88. The molecule has 2 N–H and O–H groups in total. The third-order valence-electron chi connectivity index (χ3n) is 4.54. The van der Waals surface area contributed by atoms with Crippen LogP contribution < -0.4 is 15.2 Å². The first-order chi connectivity index (χ1) is 13.0. The molecule has 2 amide bonds. The van der Waals surface area contributed by atoms with Gasteiger partial charge < -0.3 is 20.1 Å². The van der Waals surface area contributed by atoms with Gasteiger partial charge in [0.05, 0.1) is 30.8 Å². The van der Waals surface area contributed by atoms with Gasteiger partial charge in [0, 0.05) is 18.1 Å². The molecule has 0 saturated carbocycles. The second kappa shape index (κ2) is 7.91. The normalized spacial score (nSPS) is 16.6. The molecule has 0 bridgehead atoms. The van der Waals surface area contributed by atoms with Crippen LogP contribution in [0.3, 0.4) is 0 Å². The summed E-state index contributed by atoms with van der Waals surface area (Å²) in [5.41, 5.74) is 6.21. The Morgan fingerprint density at radius 3 is 2.93 bits per heavy atom. The number of nitrogens with two attached hydrogens (primary N) is 1. The maximum Gasteiger partial charge on any atom is 0.252 e. The first-order valence-electron chi connectivity index (χ1n) is 8.61. The van der Waals surface area contributed by atoms with E-state index in [-0.39, 0.29) is 24.0 Å². The molecule has 2 aromatic rings. The topological polar surface area (TPSA) is 119 Å². The van der Waals surface area contributed by atoms with E-state index < -0.39 is 5.91 Å². The van der Waals surface area contributed by atoms with Crippen molar-refractivity contribution in [1.29, 1.82) is 5.26 Å². The number of likely N-dealkylation sites (tertiary alicyclic amines) is 1. The fourth-order valence-electron chi connectivity index (χ4n) is 3.23. The van der Waals surface area contributed by atoms with Gasteiger partial charge >= 0.3 is 0 Å². The lowest BCUT2D eigenvalue weighted by Crippen LogP contribution is -2.44. The summed E-state index contributed by atoms with van der Waals surface area (Å²) in [7, 11) is 1.46. The summed E-state index contributed by atoms with van der Waals surface area (Å²) >= 11 is 0. The van der Waals surface area contributed by atoms with E-state index in [4.69, 9.17) is 20.5 Å². The summed E-state index contributed by atoms with van der Waals surface area (Å²) in [6.07, 6.45) is 2.89. The summed E-state index contributed by atoms with van der Waals surface area (Å²) < 4.78 is 11.4. The highest BCUT2D eigenvalue weighted by Crippen LogP contribution is 2.32. The number of hydrogen-bond acceptors (Lipinski definition) is 6. The van der Waals surface area contributed by atoms with Gasteiger partial charge in [-0.2, -0.15) is 5.26 Å². The Morgan fingerprint density at radius 1 is 1.41 bits per heavy atom. The van der Waals surface area contributed by atoms with Gasteiger partial charge in [-0.05, 0) is 31.0 Å². The molecular formula is C19H20N4O4. The number of amides is 2. The number of primary amides is 1. The second-order valence-electron chi connectivity index (χ2n) is 6.30. The summed E-state index contributed by atoms with van der Waals surface area (Å²) in [4.78, 5) is 29.5. The van der Waals surface area contributed by atoms with E-state index in [1.807, 2.05) is 6.07 Å². The molecule has 1 fully saturated rings. The first kappa shape index (κ1) is 18.5. The van der Waals surface area contributed by atoms with Gasteiger partial charge in [-0.3, -0.25) is 14.6 Å². The van der Waals surface area contributed by atoms with Crippen molar-refractivity contribution in [2.24, 2.45) is 5.73 Å². The Kier molecular flexibility index (Phi) is 5.41. The van der Waals surface area contributed by atoms with E-state index in [1.54, 1.807) is 29.3 Å². The molecule has 0 radical (unpaired) electrons. The van der Waals surface area contributed by atoms with Gasteiger partial charge in [-0.1, -0.05) is 0 Å². The van der Waals surface area contributed by atoms with Gasteiger partial charge in [0.25, 0.3) is 5.91 Å². The van der Waals surface area contributed by atoms with Crippen LogP contribution in [0.1, 0.15) is 29.6 Å². The Bertz CT molecular complexity index is 922. The molecule has 1 aromatic heterocycles. The number of nitrogens with zero attached hydrogens (tertiary/aromatic N) is 3. The van der Waals surface area contributed by atoms with E-state index in [2.05, 4.69) is 4.98 Å². The lowest BCUT2D eigenvalue weighted by Gasteiger charge is -2.32. The van der Waals surface area contributed by atoms with Crippen molar-refractivity contribution in [1.82, 2.24) is 9.88 Å². The Labute approximate surface area is 156 Å². The van der Waals surface area contributed by atoms with Crippen LogP contribution in [0.2, 0.25) is 0 Å². The summed E-state index contributed by atoms with van der Waals surface area (Å²) in [6.45, 7) is 1.06. The van der Waals surface area contributed by atoms with Crippen LogP contribution in [0.15, 0.2) is 24.4 Å². The molecule has 0 unspecified atom stereocenters. The predicted octanol–water partition coefficient (Wildman–Crippen LogP) is 1.63. The number of piperidine rings is 1. The lowest BCUT2D eigenvalue weighted by molar-refractivity contribution is -0.132. The predicted molar refractivity (Wildman–Crippen MR) is 97.3 cm³/mol. The van der Waals surface area contributed by atoms with Crippen molar-refractivity contribution < 1.29 is 19.1 Å². The molecule has 1 aliphatic heterocycles. The first-order valence-corrected chi connectivity index (χ1v) is 8.61. The number of methoxy groups -OCH3 is 1. The Hall–Kier alpha value is -3.34. The maximum absolute atomic E-state index is 12.0. The van der Waals surface area contributed by atoms with Crippen LogP contribution in [-0.4, -0.2) is 48.0 Å². The van der Waals surface area contributed by atoms with Gasteiger partial charge in [0.15, 0.2) is 0 Å². The van der Waals surface area contributed by atoms with Crippen LogP contribution in [0, 0.1) is 11.3 Å². The van der Waals surface area contributed by atoms with Gasteiger partial charge in [0.1, 0.15) is 24.0 Å². The van der Waals surface area contributed by atoms with Gasteiger partial charge in [0.2, 0.25) is 5.91 Å². The van der Waals surface area contributed by atoms with E-state index >= 15 is 0 Å². The van der Waals surface area contributed by atoms with Crippen molar-refractivity contribution in [2.45, 2.75) is 25.4 Å². The van der Waals surface area contributed by atoms with Crippen LogP contribution in [0.4, 0.5) is 0 Å². The van der Waals surface area contributed by atoms with Crippen molar-refractivity contribution in [3.63, 3.8) is 0 Å². The van der Waals surface area contributed by atoms with Crippen LogP contribution in [0.5, 0.6) is 11.5 Å². The molecule has 140 valence electrons. The van der Waals surface area contributed by atoms with Crippen LogP contribution >= 0.6 is 0 Å². The molecule has 1 aliphatic rings. The third-order valence-corrected chi connectivity index (χ3v) is 4.54. The largest absolute Gasteiger partial charge is 0.496 e. The number of carbonyl (C=O) groups excluding carboxylic acids is 2. The average molecular weight is 368 g/mol. The zero-order chi connectivity index (χ0) is 19.4. The fourth-order valence-corrected chi connectivity index (χ4v) is 3.23. The minimum atomic E-state index is -0.596.